The highest BCUT2D eigenvalue weighted by atomic mass is 35.5. The Morgan fingerprint density at radius 3 is 2.47 bits per heavy atom. The van der Waals surface area contributed by atoms with Gasteiger partial charge in [-0.2, -0.15) is 0 Å². The Bertz CT molecular complexity index is 276. The molecular formula is C12H21ClN2. The molecule has 0 unspecified atom stereocenters. The van der Waals surface area contributed by atoms with Crippen molar-refractivity contribution in [2.24, 2.45) is 11.5 Å². The van der Waals surface area contributed by atoms with E-state index in [1.165, 1.54) is 11.1 Å². The highest BCUT2D eigenvalue weighted by Gasteiger charge is 2.06. The van der Waals surface area contributed by atoms with Gasteiger partial charge in [-0.1, -0.05) is 30.7 Å². The largest absolute Gasteiger partial charge is 0.330 e. The molecule has 0 fully saturated rings. The molecule has 0 aromatic heterocycles. The van der Waals surface area contributed by atoms with E-state index in [1.54, 1.807) is 0 Å². The minimum atomic E-state index is 0. The topological polar surface area (TPSA) is 52.0 Å². The third-order valence-corrected chi connectivity index (χ3v) is 2.56. The van der Waals surface area contributed by atoms with Crippen LogP contribution in [-0.4, -0.2) is 6.54 Å². The molecule has 15 heavy (non-hydrogen) atoms. The molecule has 0 heterocycles. The number of nitrogens with two attached hydrogens (primary N) is 2. The van der Waals surface area contributed by atoms with E-state index in [9.17, 15) is 0 Å². The van der Waals surface area contributed by atoms with Crippen LogP contribution in [0.4, 0.5) is 0 Å². The van der Waals surface area contributed by atoms with E-state index in [-0.39, 0.29) is 18.4 Å². The average molecular weight is 229 g/mol. The number of halogens is 1. The lowest BCUT2D eigenvalue weighted by Gasteiger charge is -2.14. The molecule has 1 rings (SSSR count). The third kappa shape index (κ3) is 4.65. The van der Waals surface area contributed by atoms with Crippen LogP contribution in [0, 0.1) is 6.92 Å². The number of aryl methyl sites for hydroxylation is 1. The number of hydrogen-bond donors (Lipinski definition) is 2. The summed E-state index contributed by atoms with van der Waals surface area (Å²) in [5.74, 6) is 0. The maximum absolute atomic E-state index is 6.10. The predicted molar refractivity (Wildman–Crippen MR) is 68.3 cm³/mol. The van der Waals surface area contributed by atoms with Gasteiger partial charge in [0.05, 0.1) is 0 Å². The summed E-state index contributed by atoms with van der Waals surface area (Å²) in [5, 5.41) is 0. The predicted octanol–water partition coefficient (Wildman–Crippen LogP) is 2.55. The average Bonchev–Trinajstić information content (AvgIpc) is 2.18. The first kappa shape index (κ1) is 14.4. The molecule has 4 N–H and O–H groups in total. The van der Waals surface area contributed by atoms with Crippen molar-refractivity contribution >= 4 is 12.4 Å². The summed E-state index contributed by atoms with van der Waals surface area (Å²) in [6.07, 6.45) is 3.22. The lowest BCUT2D eigenvalue weighted by atomic mass is 9.98. The molecule has 2 nitrogen and oxygen atoms in total. The van der Waals surface area contributed by atoms with E-state index in [0.717, 1.165) is 25.8 Å². The van der Waals surface area contributed by atoms with Crippen molar-refractivity contribution in [3.63, 3.8) is 0 Å². The second-order valence-electron chi connectivity index (χ2n) is 3.75. The molecule has 0 saturated heterocycles. The van der Waals surface area contributed by atoms with Crippen LogP contribution in [0.2, 0.25) is 0 Å². The van der Waals surface area contributed by atoms with E-state index in [1.807, 2.05) is 12.1 Å². The van der Waals surface area contributed by atoms with Crippen LogP contribution in [0.5, 0.6) is 0 Å². The van der Waals surface area contributed by atoms with Crippen molar-refractivity contribution in [2.75, 3.05) is 6.54 Å². The molecule has 0 spiro atoms. The number of benzene rings is 1. The van der Waals surface area contributed by atoms with Gasteiger partial charge in [0.15, 0.2) is 0 Å². The van der Waals surface area contributed by atoms with Crippen molar-refractivity contribution in [3.8, 4) is 0 Å². The van der Waals surface area contributed by atoms with Gasteiger partial charge in [0, 0.05) is 6.04 Å². The van der Waals surface area contributed by atoms with Gasteiger partial charge in [-0.25, -0.2) is 0 Å². The Labute approximate surface area is 98.5 Å². The molecular weight excluding hydrogens is 208 g/mol. The zero-order valence-electron chi connectivity index (χ0n) is 9.28. The van der Waals surface area contributed by atoms with Crippen LogP contribution >= 0.6 is 12.4 Å². The number of unbranched alkanes of at least 4 members (excludes halogenated alkanes) is 1. The highest BCUT2D eigenvalue weighted by molar-refractivity contribution is 5.85. The monoisotopic (exact) mass is 228 g/mol. The van der Waals surface area contributed by atoms with Gasteiger partial charge < -0.3 is 11.5 Å². The SMILES string of the molecule is Cc1ccccc1[C@H](N)CCCCN.Cl. The quantitative estimate of drug-likeness (QED) is 0.762. The van der Waals surface area contributed by atoms with Gasteiger partial charge in [0.1, 0.15) is 0 Å². The van der Waals surface area contributed by atoms with Crippen molar-refractivity contribution in [1.82, 2.24) is 0 Å². The van der Waals surface area contributed by atoms with Crippen LogP contribution in [0.25, 0.3) is 0 Å². The zero-order valence-corrected chi connectivity index (χ0v) is 10.1. The molecule has 1 aromatic rings. The Hall–Kier alpha value is -0.570. The zero-order chi connectivity index (χ0) is 10.4. The van der Waals surface area contributed by atoms with E-state index >= 15 is 0 Å². The fourth-order valence-corrected chi connectivity index (χ4v) is 1.67. The summed E-state index contributed by atoms with van der Waals surface area (Å²) >= 11 is 0. The fourth-order valence-electron chi connectivity index (χ4n) is 1.67. The minimum absolute atomic E-state index is 0. The van der Waals surface area contributed by atoms with Gasteiger partial charge in [0.2, 0.25) is 0 Å². The molecule has 0 bridgehead atoms. The fraction of sp³-hybridized carbons (Fsp3) is 0.500. The second kappa shape index (κ2) is 7.69. The van der Waals surface area contributed by atoms with Gasteiger partial charge in [-0.05, 0) is 37.4 Å². The summed E-state index contributed by atoms with van der Waals surface area (Å²) < 4.78 is 0. The Kier molecular flexibility index (Phi) is 7.39. The Balaban J connectivity index is 0.00000196. The summed E-state index contributed by atoms with van der Waals surface area (Å²) in [4.78, 5) is 0. The van der Waals surface area contributed by atoms with Gasteiger partial charge in [-0.15, -0.1) is 12.4 Å². The Morgan fingerprint density at radius 2 is 1.87 bits per heavy atom. The van der Waals surface area contributed by atoms with Gasteiger partial charge >= 0.3 is 0 Å². The van der Waals surface area contributed by atoms with Crippen molar-refractivity contribution < 1.29 is 0 Å². The molecule has 0 saturated carbocycles. The van der Waals surface area contributed by atoms with Crippen molar-refractivity contribution in [3.05, 3.63) is 35.4 Å². The van der Waals surface area contributed by atoms with Crippen LogP contribution in [0.15, 0.2) is 24.3 Å². The van der Waals surface area contributed by atoms with Crippen LogP contribution < -0.4 is 11.5 Å². The summed E-state index contributed by atoms with van der Waals surface area (Å²) in [6.45, 7) is 2.87. The van der Waals surface area contributed by atoms with E-state index in [2.05, 4.69) is 19.1 Å². The van der Waals surface area contributed by atoms with Gasteiger partial charge in [0.25, 0.3) is 0 Å². The van der Waals surface area contributed by atoms with E-state index in [4.69, 9.17) is 11.5 Å². The van der Waals surface area contributed by atoms with Crippen LogP contribution in [0.3, 0.4) is 0 Å². The maximum atomic E-state index is 6.10. The molecule has 86 valence electrons. The first-order valence-corrected chi connectivity index (χ1v) is 5.27. The molecule has 0 aliphatic rings. The van der Waals surface area contributed by atoms with Gasteiger partial charge in [-0.3, -0.25) is 0 Å². The standard InChI is InChI=1S/C12H20N2.ClH/c1-10-6-2-3-7-11(10)12(14)8-4-5-9-13;/h2-3,6-7,12H,4-5,8-9,13-14H2,1H3;1H/t12-;/m1./s1. The highest BCUT2D eigenvalue weighted by Crippen LogP contribution is 2.19. The van der Waals surface area contributed by atoms with Crippen LogP contribution in [0.1, 0.15) is 36.4 Å². The number of hydrogen-bond acceptors (Lipinski definition) is 2. The molecule has 0 aliphatic heterocycles. The first-order valence-electron chi connectivity index (χ1n) is 5.27. The summed E-state index contributed by atoms with van der Waals surface area (Å²) in [6, 6.07) is 8.49. The Morgan fingerprint density at radius 1 is 1.20 bits per heavy atom. The number of rotatable bonds is 5. The molecule has 3 heteroatoms. The third-order valence-electron chi connectivity index (χ3n) is 2.56. The van der Waals surface area contributed by atoms with E-state index in [0.29, 0.717) is 0 Å². The second-order valence-corrected chi connectivity index (χ2v) is 3.75. The summed E-state index contributed by atoms with van der Waals surface area (Å²) in [7, 11) is 0. The maximum Gasteiger partial charge on any atom is 0.0297 e. The van der Waals surface area contributed by atoms with E-state index < -0.39 is 0 Å². The smallest absolute Gasteiger partial charge is 0.0297 e. The first-order chi connectivity index (χ1) is 6.75. The molecule has 1 aromatic carbocycles. The molecule has 0 aliphatic carbocycles. The minimum Gasteiger partial charge on any atom is -0.330 e. The summed E-state index contributed by atoms with van der Waals surface area (Å²) in [5.41, 5.74) is 14.1. The van der Waals surface area contributed by atoms with Crippen molar-refractivity contribution in [2.45, 2.75) is 32.2 Å². The molecule has 0 radical (unpaired) electrons. The normalized spacial score (nSPS) is 11.9. The molecule has 0 amide bonds. The van der Waals surface area contributed by atoms with Crippen LogP contribution in [-0.2, 0) is 0 Å². The molecule has 1 atom stereocenters. The lowest BCUT2D eigenvalue weighted by molar-refractivity contribution is 0.589. The lowest BCUT2D eigenvalue weighted by Crippen LogP contribution is -2.12. The van der Waals surface area contributed by atoms with Crippen molar-refractivity contribution in [1.29, 1.82) is 0 Å².